The SMILES string of the molecule is c1ccc(-c2cc3ccccc3c3cc(-c4ccccn4)nn23)cc1. The lowest BCUT2D eigenvalue weighted by molar-refractivity contribution is 0.975. The lowest BCUT2D eigenvalue weighted by Crippen LogP contribution is -1.95. The summed E-state index contributed by atoms with van der Waals surface area (Å²) in [5.41, 5.74) is 5.09. The second-order valence-corrected chi connectivity index (χ2v) is 6.02. The van der Waals surface area contributed by atoms with Gasteiger partial charge in [0.1, 0.15) is 5.69 Å². The van der Waals surface area contributed by atoms with Gasteiger partial charge in [-0.2, -0.15) is 5.10 Å². The molecule has 3 heteroatoms. The molecule has 3 heterocycles. The number of hydrogen-bond donors (Lipinski definition) is 0. The molecular weight excluding hydrogens is 306 g/mol. The Hall–Kier alpha value is -3.46. The van der Waals surface area contributed by atoms with Crippen molar-refractivity contribution in [2.45, 2.75) is 0 Å². The number of pyridine rings is 2. The van der Waals surface area contributed by atoms with E-state index < -0.39 is 0 Å². The zero-order valence-corrected chi connectivity index (χ0v) is 13.5. The second kappa shape index (κ2) is 5.56. The Bertz CT molecular complexity index is 1180. The average molecular weight is 321 g/mol. The van der Waals surface area contributed by atoms with Crippen LogP contribution in [0.4, 0.5) is 0 Å². The first-order chi connectivity index (χ1) is 12.4. The Morgan fingerprint density at radius 1 is 0.680 bits per heavy atom. The maximum Gasteiger partial charge on any atom is 0.112 e. The summed E-state index contributed by atoms with van der Waals surface area (Å²) in [5.74, 6) is 0. The van der Waals surface area contributed by atoms with E-state index in [0.29, 0.717) is 0 Å². The molecule has 0 atom stereocenters. The van der Waals surface area contributed by atoms with Gasteiger partial charge in [0.25, 0.3) is 0 Å². The third-order valence-electron chi connectivity index (χ3n) is 4.46. The van der Waals surface area contributed by atoms with Crippen LogP contribution >= 0.6 is 0 Å². The Labute approximate surface area is 145 Å². The summed E-state index contributed by atoms with van der Waals surface area (Å²) in [6.07, 6.45) is 1.80. The van der Waals surface area contributed by atoms with Crippen LogP contribution in [-0.4, -0.2) is 14.6 Å². The van der Waals surface area contributed by atoms with Crippen LogP contribution < -0.4 is 0 Å². The highest BCUT2D eigenvalue weighted by molar-refractivity contribution is 5.99. The molecule has 0 unspecified atom stereocenters. The molecule has 0 aliphatic heterocycles. The smallest absolute Gasteiger partial charge is 0.112 e. The molecule has 0 radical (unpaired) electrons. The van der Waals surface area contributed by atoms with Crippen LogP contribution in [0, 0.1) is 0 Å². The fourth-order valence-corrected chi connectivity index (χ4v) is 3.28. The van der Waals surface area contributed by atoms with Crippen LogP contribution in [0.1, 0.15) is 0 Å². The van der Waals surface area contributed by atoms with Crippen molar-refractivity contribution in [2.75, 3.05) is 0 Å². The normalized spacial score (nSPS) is 11.2. The monoisotopic (exact) mass is 321 g/mol. The maximum absolute atomic E-state index is 4.86. The largest absolute Gasteiger partial charge is 0.255 e. The number of hydrogen-bond acceptors (Lipinski definition) is 2. The van der Waals surface area contributed by atoms with Crippen molar-refractivity contribution in [3.8, 4) is 22.6 Å². The fraction of sp³-hybridized carbons (Fsp3) is 0. The van der Waals surface area contributed by atoms with E-state index in [1.807, 2.05) is 28.8 Å². The number of benzene rings is 2. The Morgan fingerprint density at radius 3 is 2.32 bits per heavy atom. The number of nitrogens with zero attached hydrogens (tertiary/aromatic N) is 3. The van der Waals surface area contributed by atoms with Crippen LogP contribution in [0.5, 0.6) is 0 Å². The average Bonchev–Trinajstić information content (AvgIpc) is 3.14. The van der Waals surface area contributed by atoms with E-state index in [9.17, 15) is 0 Å². The third kappa shape index (κ3) is 2.29. The second-order valence-electron chi connectivity index (χ2n) is 6.02. The molecule has 0 aliphatic rings. The third-order valence-corrected chi connectivity index (χ3v) is 4.46. The maximum atomic E-state index is 4.86. The van der Waals surface area contributed by atoms with Crippen LogP contribution in [0.3, 0.4) is 0 Å². The summed E-state index contributed by atoms with van der Waals surface area (Å²) < 4.78 is 2.03. The van der Waals surface area contributed by atoms with Gasteiger partial charge in [-0.25, -0.2) is 4.52 Å². The van der Waals surface area contributed by atoms with Gasteiger partial charge in [0.15, 0.2) is 0 Å². The van der Waals surface area contributed by atoms with Gasteiger partial charge in [0, 0.05) is 17.1 Å². The number of aromatic nitrogens is 3. The summed E-state index contributed by atoms with van der Waals surface area (Å²) in [6, 6.07) is 29.0. The lowest BCUT2D eigenvalue weighted by Gasteiger charge is -2.08. The topological polar surface area (TPSA) is 30.2 Å². The van der Waals surface area contributed by atoms with Gasteiger partial charge >= 0.3 is 0 Å². The Kier molecular flexibility index (Phi) is 3.10. The highest BCUT2D eigenvalue weighted by Crippen LogP contribution is 2.30. The molecule has 0 fully saturated rings. The van der Waals surface area contributed by atoms with E-state index in [2.05, 4.69) is 65.6 Å². The minimum atomic E-state index is 0.883. The van der Waals surface area contributed by atoms with Gasteiger partial charge in [-0.3, -0.25) is 4.98 Å². The predicted molar refractivity (Wildman–Crippen MR) is 101 cm³/mol. The van der Waals surface area contributed by atoms with Crippen LogP contribution in [-0.2, 0) is 0 Å². The lowest BCUT2D eigenvalue weighted by atomic mass is 10.1. The van der Waals surface area contributed by atoms with Crippen molar-refractivity contribution in [2.24, 2.45) is 0 Å². The molecule has 0 N–H and O–H groups in total. The minimum Gasteiger partial charge on any atom is -0.255 e. The molecule has 3 nitrogen and oxygen atoms in total. The van der Waals surface area contributed by atoms with Gasteiger partial charge in [-0.1, -0.05) is 60.7 Å². The Morgan fingerprint density at radius 2 is 1.48 bits per heavy atom. The van der Waals surface area contributed by atoms with E-state index in [0.717, 1.165) is 28.2 Å². The van der Waals surface area contributed by atoms with Gasteiger partial charge < -0.3 is 0 Å². The molecular formula is C22H15N3. The van der Waals surface area contributed by atoms with Crippen molar-refractivity contribution in [3.05, 3.63) is 91.1 Å². The molecule has 5 aromatic rings. The number of fused-ring (bicyclic) bond motifs is 3. The summed E-state index contributed by atoms with van der Waals surface area (Å²) in [6.45, 7) is 0. The van der Waals surface area contributed by atoms with Crippen molar-refractivity contribution in [3.63, 3.8) is 0 Å². The zero-order valence-electron chi connectivity index (χ0n) is 13.5. The zero-order chi connectivity index (χ0) is 16.6. The molecule has 0 saturated carbocycles. The van der Waals surface area contributed by atoms with Gasteiger partial charge in [0.2, 0.25) is 0 Å². The molecule has 3 aromatic heterocycles. The molecule has 2 aromatic carbocycles. The van der Waals surface area contributed by atoms with Gasteiger partial charge in [-0.15, -0.1) is 0 Å². The highest BCUT2D eigenvalue weighted by atomic mass is 15.2. The van der Waals surface area contributed by atoms with Crippen molar-refractivity contribution >= 4 is 16.3 Å². The molecule has 0 spiro atoms. The van der Waals surface area contributed by atoms with E-state index in [1.165, 1.54) is 10.8 Å². The first-order valence-electron chi connectivity index (χ1n) is 8.28. The van der Waals surface area contributed by atoms with Crippen molar-refractivity contribution in [1.29, 1.82) is 0 Å². The van der Waals surface area contributed by atoms with E-state index in [4.69, 9.17) is 5.10 Å². The fourth-order valence-electron chi connectivity index (χ4n) is 3.28. The van der Waals surface area contributed by atoms with Crippen LogP contribution in [0.15, 0.2) is 91.1 Å². The summed E-state index contributed by atoms with van der Waals surface area (Å²) >= 11 is 0. The predicted octanol–water partition coefficient (Wildman–Crippen LogP) is 5.22. The summed E-state index contributed by atoms with van der Waals surface area (Å²) in [4.78, 5) is 4.45. The first-order valence-corrected chi connectivity index (χ1v) is 8.28. The van der Waals surface area contributed by atoms with Gasteiger partial charge in [-0.05, 0) is 29.7 Å². The quantitative estimate of drug-likeness (QED) is 0.446. The summed E-state index contributed by atoms with van der Waals surface area (Å²) in [5, 5.41) is 7.26. The molecule has 0 saturated heterocycles. The minimum absolute atomic E-state index is 0.883. The molecule has 0 bridgehead atoms. The van der Waals surface area contributed by atoms with Crippen molar-refractivity contribution in [1.82, 2.24) is 14.6 Å². The molecule has 25 heavy (non-hydrogen) atoms. The van der Waals surface area contributed by atoms with E-state index in [-0.39, 0.29) is 0 Å². The highest BCUT2D eigenvalue weighted by Gasteiger charge is 2.13. The molecule has 0 amide bonds. The van der Waals surface area contributed by atoms with E-state index in [1.54, 1.807) is 6.20 Å². The van der Waals surface area contributed by atoms with Crippen molar-refractivity contribution < 1.29 is 0 Å². The molecule has 0 aliphatic carbocycles. The molecule has 118 valence electrons. The Balaban J connectivity index is 1.88. The first kappa shape index (κ1) is 13.9. The molecule has 5 rings (SSSR count). The van der Waals surface area contributed by atoms with Gasteiger partial charge in [0.05, 0.1) is 16.9 Å². The standard InChI is InChI=1S/C22H15N3/c1-2-8-16(9-3-1)21-14-17-10-4-5-11-18(17)22-15-20(24-25(21)22)19-12-6-7-13-23-19/h1-15H. The van der Waals surface area contributed by atoms with E-state index >= 15 is 0 Å². The summed E-state index contributed by atoms with van der Waals surface area (Å²) in [7, 11) is 0. The van der Waals surface area contributed by atoms with Crippen LogP contribution in [0.25, 0.3) is 38.9 Å². The number of rotatable bonds is 2. The van der Waals surface area contributed by atoms with Crippen LogP contribution in [0.2, 0.25) is 0 Å².